The first-order chi connectivity index (χ1) is 10.1. The van der Waals surface area contributed by atoms with E-state index in [2.05, 4.69) is 6.92 Å². The van der Waals surface area contributed by atoms with E-state index in [4.69, 9.17) is 0 Å². The van der Waals surface area contributed by atoms with Gasteiger partial charge in [0.25, 0.3) is 0 Å². The highest BCUT2D eigenvalue weighted by Gasteiger charge is 2.38. The molecule has 2 atom stereocenters. The van der Waals surface area contributed by atoms with Gasteiger partial charge in [0.2, 0.25) is 0 Å². The largest absolute Gasteiger partial charge is 0.481 e. The molecule has 5 nitrogen and oxygen atoms in total. The van der Waals surface area contributed by atoms with E-state index in [0.717, 1.165) is 37.2 Å². The minimum absolute atomic E-state index is 0.0576. The number of para-hydroxylation sites is 1. The molecular weight excluding hydrogens is 268 g/mol. The lowest BCUT2D eigenvalue weighted by Gasteiger charge is -2.34. The van der Waals surface area contributed by atoms with Crippen molar-refractivity contribution in [2.75, 3.05) is 24.5 Å². The third kappa shape index (κ3) is 2.48. The van der Waals surface area contributed by atoms with Crippen LogP contribution in [0.2, 0.25) is 0 Å². The van der Waals surface area contributed by atoms with Gasteiger partial charge in [-0.25, -0.2) is 4.79 Å². The van der Waals surface area contributed by atoms with Gasteiger partial charge in [0.15, 0.2) is 0 Å². The number of carboxylic acids is 1. The molecule has 2 unspecified atom stereocenters. The molecule has 1 fully saturated rings. The SMILES string of the molecule is CC1CCCN(C(=O)N2CC(C(=O)O)c3ccccc32)C1. The number of nitrogens with zero attached hydrogens (tertiary/aromatic N) is 2. The van der Waals surface area contributed by atoms with Crippen molar-refractivity contribution in [2.45, 2.75) is 25.7 Å². The number of carbonyl (C=O) groups is 2. The number of likely N-dealkylation sites (tertiary alicyclic amines) is 1. The average Bonchev–Trinajstić information content (AvgIpc) is 2.86. The summed E-state index contributed by atoms with van der Waals surface area (Å²) in [6.45, 7) is 3.91. The maximum atomic E-state index is 12.7. The molecule has 21 heavy (non-hydrogen) atoms. The van der Waals surface area contributed by atoms with Crippen LogP contribution in [0.3, 0.4) is 0 Å². The van der Waals surface area contributed by atoms with Crippen molar-refractivity contribution in [1.82, 2.24) is 4.90 Å². The van der Waals surface area contributed by atoms with Crippen molar-refractivity contribution in [3.05, 3.63) is 29.8 Å². The first-order valence-electron chi connectivity index (χ1n) is 7.46. The Labute approximate surface area is 124 Å². The van der Waals surface area contributed by atoms with Gasteiger partial charge in [-0.05, 0) is 30.4 Å². The van der Waals surface area contributed by atoms with E-state index in [9.17, 15) is 14.7 Å². The summed E-state index contributed by atoms with van der Waals surface area (Å²) in [6.07, 6.45) is 2.17. The Morgan fingerprint density at radius 2 is 2.00 bits per heavy atom. The summed E-state index contributed by atoms with van der Waals surface area (Å²) in [5, 5.41) is 9.36. The summed E-state index contributed by atoms with van der Waals surface area (Å²) in [5.41, 5.74) is 1.48. The molecule has 0 spiro atoms. The number of hydrogen-bond donors (Lipinski definition) is 1. The molecule has 1 saturated heterocycles. The number of carbonyl (C=O) groups excluding carboxylic acids is 1. The van der Waals surface area contributed by atoms with Gasteiger partial charge < -0.3 is 10.0 Å². The van der Waals surface area contributed by atoms with Crippen LogP contribution in [0.1, 0.15) is 31.2 Å². The Balaban J connectivity index is 1.86. The molecule has 0 aromatic heterocycles. The van der Waals surface area contributed by atoms with Gasteiger partial charge >= 0.3 is 12.0 Å². The van der Waals surface area contributed by atoms with E-state index >= 15 is 0 Å². The zero-order valence-corrected chi connectivity index (χ0v) is 12.2. The monoisotopic (exact) mass is 288 g/mol. The quantitative estimate of drug-likeness (QED) is 0.863. The van der Waals surface area contributed by atoms with Gasteiger partial charge in [-0.15, -0.1) is 0 Å². The molecular formula is C16H20N2O3. The molecule has 0 saturated carbocycles. The number of benzene rings is 1. The summed E-state index contributed by atoms with van der Waals surface area (Å²) in [7, 11) is 0. The number of piperidine rings is 1. The van der Waals surface area contributed by atoms with Crippen LogP contribution in [-0.2, 0) is 4.79 Å². The van der Waals surface area contributed by atoms with Gasteiger partial charge in [-0.1, -0.05) is 25.1 Å². The molecule has 0 aliphatic carbocycles. The molecule has 3 rings (SSSR count). The second-order valence-electron chi connectivity index (χ2n) is 6.04. The number of aliphatic carboxylic acids is 1. The van der Waals surface area contributed by atoms with E-state index < -0.39 is 11.9 Å². The first kappa shape index (κ1) is 13.9. The average molecular weight is 288 g/mol. The normalized spacial score (nSPS) is 24.8. The third-order valence-electron chi connectivity index (χ3n) is 4.42. The number of hydrogen-bond acceptors (Lipinski definition) is 2. The Bertz CT molecular complexity index is 572. The third-order valence-corrected chi connectivity index (χ3v) is 4.42. The predicted octanol–water partition coefficient (Wildman–Crippen LogP) is 2.53. The van der Waals surface area contributed by atoms with Crippen molar-refractivity contribution in [2.24, 2.45) is 5.92 Å². The van der Waals surface area contributed by atoms with Crippen molar-refractivity contribution in [3.63, 3.8) is 0 Å². The lowest BCUT2D eigenvalue weighted by atomic mass is 10.0. The summed E-state index contributed by atoms with van der Waals surface area (Å²) < 4.78 is 0. The van der Waals surface area contributed by atoms with Crippen molar-refractivity contribution >= 4 is 17.7 Å². The smallest absolute Gasteiger partial charge is 0.324 e. The number of rotatable bonds is 1. The highest BCUT2D eigenvalue weighted by molar-refractivity contribution is 5.98. The van der Waals surface area contributed by atoms with Gasteiger partial charge in [0, 0.05) is 25.3 Å². The maximum absolute atomic E-state index is 12.7. The second-order valence-corrected chi connectivity index (χ2v) is 6.04. The molecule has 2 aliphatic heterocycles. The zero-order valence-electron chi connectivity index (χ0n) is 12.2. The number of amides is 2. The number of anilines is 1. The van der Waals surface area contributed by atoms with Crippen LogP contribution in [0.4, 0.5) is 10.5 Å². The van der Waals surface area contributed by atoms with Gasteiger partial charge in [0.1, 0.15) is 5.92 Å². The van der Waals surface area contributed by atoms with E-state index in [1.54, 1.807) is 11.0 Å². The van der Waals surface area contributed by atoms with E-state index in [1.165, 1.54) is 0 Å². The van der Waals surface area contributed by atoms with Gasteiger partial charge in [0.05, 0.1) is 0 Å². The highest BCUT2D eigenvalue weighted by Crippen LogP contribution is 2.37. The van der Waals surface area contributed by atoms with Gasteiger partial charge in [-0.2, -0.15) is 0 Å². The minimum Gasteiger partial charge on any atom is -0.481 e. The lowest BCUT2D eigenvalue weighted by molar-refractivity contribution is -0.138. The fourth-order valence-corrected chi connectivity index (χ4v) is 3.33. The van der Waals surface area contributed by atoms with Gasteiger partial charge in [-0.3, -0.25) is 9.69 Å². The molecule has 1 aromatic carbocycles. The molecule has 2 amide bonds. The Morgan fingerprint density at radius 1 is 1.24 bits per heavy atom. The van der Waals surface area contributed by atoms with E-state index in [0.29, 0.717) is 5.92 Å². The lowest BCUT2D eigenvalue weighted by Crippen LogP contribution is -2.47. The molecule has 1 aromatic rings. The molecule has 5 heteroatoms. The van der Waals surface area contributed by atoms with Crippen LogP contribution >= 0.6 is 0 Å². The molecule has 0 bridgehead atoms. The molecule has 2 heterocycles. The topological polar surface area (TPSA) is 60.9 Å². The number of fused-ring (bicyclic) bond motifs is 1. The van der Waals surface area contributed by atoms with Crippen LogP contribution in [0.5, 0.6) is 0 Å². The standard InChI is InChI=1S/C16H20N2O3/c1-11-5-4-8-17(9-11)16(21)18-10-13(15(19)20)12-6-2-3-7-14(12)18/h2-3,6-7,11,13H,4-5,8-10H2,1H3,(H,19,20). The Morgan fingerprint density at radius 3 is 2.71 bits per heavy atom. The fraction of sp³-hybridized carbons (Fsp3) is 0.500. The van der Waals surface area contributed by atoms with Crippen molar-refractivity contribution in [3.8, 4) is 0 Å². The van der Waals surface area contributed by atoms with Crippen LogP contribution in [0.25, 0.3) is 0 Å². The van der Waals surface area contributed by atoms with Crippen LogP contribution in [-0.4, -0.2) is 41.6 Å². The summed E-state index contributed by atoms with van der Waals surface area (Å²) >= 11 is 0. The number of carboxylic acid groups (broad SMARTS) is 1. The Kier molecular flexibility index (Phi) is 3.57. The molecule has 112 valence electrons. The van der Waals surface area contributed by atoms with Crippen LogP contribution in [0, 0.1) is 5.92 Å². The highest BCUT2D eigenvalue weighted by atomic mass is 16.4. The molecule has 1 N–H and O–H groups in total. The number of urea groups is 1. The van der Waals surface area contributed by atoms with Crippen molar-refractivity contribution < 1.29 is 14.7 Å². The Hall–Kier alpha value is -2.04. The second kappa shape index (κ2) is 5.39. The maximum Gasteiger partial charge on any atom is 0.324 e. The van der Waals surface area contributed by atoms with Crippen LogP contribution < -0.4 is 4.90 Å². The summed E-state index contributed by atoms with van der Waals surface area (Å²) in [5.74, 6) is -0.979. The minimum atomic E-state index is -0.871. The molecule has 2 aliphatic rings. The zero-order chi connectivity index (χ0) is 15.0. The van der Waals surface area contributed by atoms with E-state index in [-0.39, 0.29) is 12.6 Å². The molecule has 0 radical (unpaired) electrons. The van der Waals surface area contributed by atoms with E-state index in [1.807, 2.05) is 23.1 Å². The predicted molar refractivity (Wildman–Crippen MR) is 79.5 cm³/mol. The van der Waals surface area contributed by atoms with Crippen molar-refractivity contribution in [1.29, 1.82) is 0 Å². The van der Waals surface area contributed by atoms with Crippen LogP contribution in [0.15, 0.2) is 24.3 Å². The first-order valence-corrected chi connectivity index (χ1v) is 7.46. The summed E-state index contributed by atoms with van der Waals surface area (Å²) in [4.78, 5) is 27.6. The fourth-order valence-electron chi connectivity index (χ4n) is 3.33. The summed E-state index contributed by atoms with van der Waals surface area (Å²) in [6, 6.07) is 7.26.